The largest absolute Gasteiger partial charge is 0.480 e. The highest BCUT2D eigenvalue weighted by Crippen LogP contribution is 2.26. The van der Waals surface area contributed by atoms with Crippen LogP contribution in [0.25, 0.3) is 0 Å². The minimum Gasteiger partial charge on any atom is -0.480 e. The van der Waals surface area contributed by atoms with Crippen molar-refractivity contribution < 1.29 is 19.4 Å². The molecule has 0 aliphatic carbocycles. The van der Waals surface area contributed by atoms with Gasteiger partial charge in [-0.2, -0.15) is 0 Å². The molecule has 1 atom stereocenters. The van der Waals surface area contributed by atoms with Crippen molar-refractivity contribution in [2.45, 2.75) is 43.7 Å². The zero-order valence-electron chi connectivity index (χ0n) is 13.5. The Kier molecular flexibility index (Phi) is 7.88. The number of rotatable bonds is 8. The number of aliphatic carboxylic acids is 1. The molecule has 5 nitrogen and oxygen atoms in total. The van der Waals surface area contributed by atoms with Gasteiger partial charge in [-0.05, 0) is 32.9 Å². The fraction of sp³-hybridized carbons (Fsp3) is 0.500. The molecule has 1 aromatic rings. The predicted octanol–water partition coefficient (Wildman–Crippen LogP) is 3.21. The van der Waals surface area contributed by atoms with Crippen LogP contribution < -0.4 is 5.32 Å². The third-order valence-electron chi connectivity index (χ3n) is 2.77. The lowest BCUT2D eigenvalue weighted by molar-refractivity contribution is -0.142. The minimum absolute atomic E-state index is 0.105. The Labute approximate surface area is 145 Å². The number of hydrogen-bond donors (Lipinski definition) is 2. The van der Waals surface area contributed by atoms with E-state index in [-0.39, 0.29) is 30.3 Å². The van der Waals surface area contributed by atoms with Crippen molar-refractivity contribution in [3.05, 3.63) is 29.3 Å². The van der Waals surface area contributed by atoms with Gasteiger partial charge in [0.05, 0.1) is 16.4 Å². The SMILES string of the molecule is CC(C)(C)OCCC(NC(=O)CSc1ccccc1Cl)C(=O)O. The van der Waals surface area contributed by atoms with Crippen LogP contribution in [0.3, 0.4) is 0 Å². The molecule has 1 rings (SSSR count). The zero-order valence-corrected chi connectivity index (χ0v) is 15.0. The summed E-state index contributed by atoms with van der Waals surface area (Å²) in [6.07, 6.45) is 0.217. The van der Waals surface area contributed by atoms with Crippen LogP contribution in [0.4, 0.5) is 0 Å². The molecule has 7 heteroatoms. The van der Waals surface area contributed by atoms with E-state index in [0.717, 1.165) is 4.90 Å². The van der Waals surface area contributed by atoms with Gasteiger partial charge >= 0.3 is 5.97 Å². The van der Waals surface area contributed by atoms with Gasteiger partial charge in [0.1, 0.15) is 6.04 Å². The maximum absolute atomic E-state index is 11.9. The second kappa shape index (κ2) is 9.15. The van der Waals surface area contributed by atoms with Gasteiger partial charge in [0.2, 0.25) is 5.91 Å². The van der Waals surface area contributed by atoms with Crippen LogP contribution in [0.1, 0.15) is 27.2 Å². The van der Waals surface area contributed by atoms with E-state index in [1.807, 2.05) is 39.0 Å². The predicted molar refractivity (Wildman–Crippen MR) is 92.1 cm³/mol. The van der Waals surface area contributed by atoms with Crippen LogP contribution in [0.2, 0.25) is 5.02 Å². The third kappa shape index (κ3) is 8.25. The van der Waals surface area contributed by atoms with Crippen molar-refractivity contribution in [3.63, 3.8) is 0 Å². The van der Waals surface area contributed by atoms with Gasteiger partial charge in [-0.15, -0.1) is 11.8 Å². The van der Waals surface area contributed by atoms with Crippen molar-refractivity contribution in [2.24, 2.45) is 0 Å². The zero-order chi connectivity index (χ0) is 17.5. The molecule has 0 aliphatic rings. The average molecular weight is 360 g/mol. The maximum atomic E-state index is 11.9. The molecule has 128 valence electrons. The Balaban J connectivity index is 2.45. The summed E-state index contributed by atoms with van der Waals surface area (Å²) in [5.74, 6) is -1.31. The Morgan fingerprint density at radius 3 is 2.57 bits per heavy atom. The summed E-state index contributed by atoms with van der Waals surface area (Å²) >= 11 is 7.28. The highest BCUT2D eigenvalue weighted by molar-refractivity contribution is 8.00. The molecule has 1 unspecified atom stereocenters. The molecule has 1 aromatic carbocycles. The van der Waals surface area contributed by atoms with Crippen LogP contribution in [-0.4, -0.2) is 41.0 Å². The molecule has 0 saturated heterocycles. The van der Waals surface area contributed by atoms with Gasteiger partial charge in [0, 0.05) is 17.9 Å². The summed E-state index contributed by atoms with van der Waals surface area (Å²) in [6.45, 7) is 5.93. The van der Waals surface area contributed by atoms with Crippen LogP contribution in [-0.2, 0) is 14.3 Å². The van der Waals surface area contributed by atoms with Crippen molar-refractivity contribution >= 4 is 35.2 Å². The van der Waals surface area contributed by atoms with E-state index in [4.69, 9.17) is 16.3 Å². The third-order valence-corrected chi connectivity index (χ3v) is 4.29. The Hall–Kier alpha value is -1.24. The molecule has 0 radical (unpaired) electrons. The highest BCUT2D eigenvalue weighted by Gasteiger charge is 2.21. The van der Waals surface area contributed by atoms with E-state index < -0.39 is 12.0 Å². The number of thioether (sulfide) groups is 1. The average Bonchev–Trinajstić information content (AvgIpc) is 2.44. The molecule has 0 aromatic heterocycles. The quantitative estimate of drug-likeness (QED) is 0.697. The number of carbonyl (C=O) groups is 2. The summed E-state index contributed by atoms with van der Waals surface area (Å²) < 4.78 is 5.50. The molecular weight excluding hydrogens is 338 g/mol. The van der Waals surface area contributed by atoms with Crippen molar-refractivity contribution in [3.8, 4) is 0 Å². The molecule has 0 saturated carbocycles. The molecule has 0 aliphatic heterocycles. The second-order valence-corrected chi connectivity index (χ2v) is 7.35. The minimum atomic E-state index is -1.07. The lowest BCUT2D eigenvalue weighted by Gasteiger charge is -2.21. The van der Waals surface area contributed by atoms with Gasteiger partial charge in [0.15, 0.2) is 0 Å². The van der Waals surface area contributed by atoms with Crippen LogP contribution in [0, 0.1) is 0 Å². The topological polar surface area (TPSA) is 75.6 Å². The molecule has 0 bridgehead atoms. The first-order valence-corrected chi connectivity index (χ1v) is 8.59. The highest BCUT2D eigenvalue weighted by atomic mass is 35.5. The summed E-state index contributed by atoms with van der Waals surface area (Å²) in [4.78, 5) is 23.9. The molecule has 23 heavy (non-hydrogen) atoms. The number of halogens is 1. The summed E-state index contributed by atoms with van der Waals surface area (Å²) in [5.41, 5.74) is -0.340. The standard InChI is InChI=1S/C16H22ClNO4S/c1-16(2,3)22-9-8-12(15(20)21)18-14(19)10-23-13-7-5-4-6-11(13)17/h4-7,12H,8-10H2,1-3H3,(H,18,19)(H,20,21). The molecule has 1 amide bonds. The first-order chi connectivity index (χ1) is 10.7. The molecule has 0 heterocycles. The normalized spacial score (nSPS) is 12.7. The van der Waals surface area contributed by atoms with E-state index in [1.54, 1.807) is 6.07 Å². The lowest BCUT2D eigenvalue weighted by atomic mass is 10.2. The van der Waals surface area contributed by atoms with Crippen LogP contribution in [0.5, 0.6) is 0 Å². The number of amides is 1. The van der Waals surface area contributed by atoms with Crippen molar-refractivity contribution in [1.82, 2.24) is 5.32 Å². The smallest absolute Gasteiger partial charge is 0.326 e. The van der Waals surface area contributed by atoms with E-state index in [2.05, 4.69) is 5.32 Å². The van der Waals surface area contributed by atoms with Gasteiger partial charge in [-0.3, -0.25) is 4.79 Å². The van der Waals surface area contributed by atoms with Gasteiger partial charge < -0.3 is 15.2 Å². The number of nitrogens with one attached hydrogen (secondary N) is 1. The first kappa shape index (κ1) is 19.8. The monoisotopic (exact) mass is 359 g/mol. The van der Waals surface area contributed by atoms with Crippen LogP contribution >= 0.6 is 23.4 Å². The molecule has 0 spiro atoms. The van der Waals surface area contributed by atoms with Crippen molar-refractivity contribution in [1.29, 1.82) is 0 Å². The second-order valence-electron chi connectivity index (χ2n) is 5.93. The fourth-order valence-corrected chi connectivity index (χ4v) is 2.73. The van der Waals surface area contributed by atoms with Gasteiger partial charge in [-0.25, -0.2) is 4.79 Å². The molecule has 0 fully saturated rings. The van der Waals surface area contributed by atoms with E-state index >= 15 is 0 Å². The number of carboxylic acids is 1. The molecular formula is C16H22ClNO4S. The Bertz CT molecular complexity index is 545. The van der Waals surface area contributed by atoms with Gasteiger partial charge in [0.25, 0.3) is 0 Å². The number of carboxylic acid groups (broad SMARTS) is 1. The summed E-state index contributed by atoms with van der Waals surface area (Å²) in [5, 5.41) is 12.3. The van der Waals surface area contributed by atoms with E-state index in [1.165, 1.54) is 11.8 Å². The van der Waals surface area contributed by atoms with Crippen LogP contribution in [0.15, 0.2) is 29.2 Å². The Morgan fingerprint density at radius 1 is 1.35 bits per heavy atom. The van der Waals surface area contributed by atoms with Gasteiger partial charge in [-0.1, -0.05) is 23.7 Å². The number of carbonyl (C=O) groups excluding carboxylic acids is 1. The lowest BCUT2D eigenvalue weighted by Crippen LogP contribution is -2.42. The summed E-state index contributed by atoms with van der Waals surface area (Å²) in [6, 6.07) is 6.23. The number of ether oxygens (including phenoxy) is 1. The maximum Gasteiger partial charge on any atom is 0.326 e. The number of hydrogen-bond acceptors (Lipinski definition) is 4. The van der Waals surface area contributed by atoms with E-state index in [0.29, 0.717) is 5.02 Å². The van der Waals surface area contributed by atoms with Crippen molar-refractivity contribution in [2.75, 3.05) is 12.4 Å². The first-order valence-electron chi connectivity index (χ1n) is 7.22. The fourth-order valence-electron chi connectivity index (χ4n) is 1.68. The number of benzene rings is 1. The van der Waals surface area contributed by atoms with E-state index in [9.17, 15) is 14.7 Å². The summed E-state index contributed by atoms with van der Waals surface area (Å²) in [7, 11) is 0. The Morgan fingerprint density at radius 2 is 2.00 bits per heavy atom. The molecule has 2 N–H and O–H groups in total.